The van der Waals surface area contributed by atoms with E-state index >= 15 is 0 Å². The molecule has 0 aliphatic carbocycles. The van der Waals surface area contributed by atoms with Crippen molar-refractivity contribution in [3.05, 3.63) is 12.2 Å². The molecule has 5 heteroatoms. The second kappa shape index (κ2) is 5.41. The van der Waals surface area contributed by atoms with E-state index in [2.05, 4.69) is 27.3 Å². The highest BCUT2D eigenvalue weighted by molar-refractivity contribution is 4.84. The van der Waals surface area contributed by atoms with Gasteiger partial charge in [0.1, 0.15) is 12.2 Å². The van der Waals surface area contributed by atoms with Gasteiger partial charge in [0.15, 0.2) is 0 Å². The van der Waals surface area contributed by atoms with Crippen molar-refractivity contribution in [2.45, 2.75) is 31.8 Å². The lowest BCUT2D eigenvalue weighted by molar-refractivity contribution is 0.181. The van der Waals surface area contributed by atoms with Crippen molar-refractivity contribution in [3.8, 4) is 0 Å². The largest absolute Gasteiger partial charge is 0.308 e. The van der Waals surface area contributed by atoms with Gasteiger partial charge in [0, 0.05) is 19.6 Å². The van der Waals surface area contributed by atoms with Gasteiger partial charge in [0.05, 0.1) is 6.54 Å². The second-order valence-corrected chi connectivity index (χ2v) is 4.56. The third-order valence-electron chi connectivity index (χ3n) is 3.39. The highest BCUT2D eigenvalue weighted by Crippen LogP contribution is 2.13. The van der Waals surface area contributed by atoms with Crippen LogP contribution in [0.4, 0.5) is 0 Å². The van der Waals surface area contributed by atoms with Crippen LogP contribution in [0.15, 0.2) is 6.33 Å². The summed E-state index contributed by atoms with van der Waals surface area (Å²) in [7, 11) is 4.14. The maximum Gasteiger partial charge on any atom is 0.140 e. The fraction of sp³-hybridized carbons (Fsp3) is 0.818. The first-order valence-corrected chi connectivity index (χ1v) is 6.01. The molecule has 5 nitrogen and oxygen atoms in total. The number of aryl methyl sites for hydroxylation is 1. The number of aromatic nitrogens is 3. The van der Waals surface area contributed by atoms with Crippen LogP contribution in [0.2, 0.25) is 0 Å². The molecule has 1 aromatic rings. The molecule has 0 aromatic carbocycles. The average molecular weight is 223 g/mol. The standard InChI is InChI=1S/C11H21N5/c1-15-6-4-3-5-10(15)7-12-8-11-13-9-14-16(11)2/h9-10,12H,3-8H2,1-2H3. The first-order valence-electron chi connectivity index (χ1n) is 6.01. The Morgan fingerprint density at radius 2 is 2.31 bits per heavy atom. The molecule has 90 valence electrons. The van der Waals surface area contributed by atoms with Crippen LogP contribution >= 0.6 is 0 Å². The molecule has 0 radical (unpaired) electrons. The van der Waals surface area contributed by atoms with Gasteiger partial charge in [-0.05, 0) is 26.4 Å². The summed E-state index contributed by atoms with van der Waals surface area (Å²) < 4.78 is 1.82. The van der Waals surface area contributed by atoms with Crippen LogP contribution in [0.1, 0.15) is 25.1 Å². The van der Waals surface area contributed by atoms with Gasteiger partial charge in [-0.25, -0.2) is 4.98 Å². The maximum atomic E-state index is 4.19. The van der Waals surface area contributed by atoms with E-state index in [9.17, 15) is 0 Å². The first kappa shape index (κ1) is 11.5. The molecule has 1 aromatic heterocycles. The quantitative estimate of drug-likeness (QED) is 0.802. The molecule has 1 aliphatic rings. The molecule has 2 heterocycles. The molecule has 1 N–H and O–H groups in total. The number of hydrogen-bond acceptors (Lipinski definition) is 4. The van der Waals surface area contributed by atoms with Gasteiger partial charge in [-0.2, -0.15) is 5.10 Å². The molecule has 1 saturated heterocycles. The Hall–Kier alpha value is -0.940. The van der Waals surface area contributed by atoms with Crippen molar-refractivity contribution in [2.24, 2.45) is 7.05 Å². The third-order valence-corrected chi connectivity index (χ3v) is 3.39. The molecule has 16 heavy (non-hydrogen) atoms. The molecule has 1 atom stereocenters. The highest BCUT2D eigenvalue weighted by Gasteiger charge is 2.18. The van der Waals surface area contributed by atoms with E-state index < -0.39 is 0 Å². The van der Waals surface area contributed by atoms with Gasteiger partial charge < -0.3 is 10.2 Å². The van der Waals surface area contributed by atoms with Crippen LogP contribution in [-0.4, -0.2) is 45.8 Å². The predicted molar refractivity (Wildman–Crippen MR) is 63.0 cm³/mol. The van der Waals surface area contributed by atoms with Crippen LogP contribution < -0.4 is 5.32 Å². The van der Waals surface area contributed by atoms with E-state index in [1.165, 1.54) is 25.8 Å². The number of rotatable bonds is 4. The van der Waals surface area contributed by atoms with E-state index in [1.54, 1.807) is 6.33 Å². The van der Waals surface area contributed by atoms with Crippen molar-refractivity contribution < 1.29 is 0 Å². The summed E-state index contributed by atoms with van der Waals surface area (Å²) in [5.74, 6) is 0.999. The Morgan fingerprint density at radius 1 is 1.44 bits per heavy atom. The van der Waals surface area contributed by atoms with Crippen molar-refractivity contribution >= 4 is 0 Å². The Kier molecular flexibility index (Phi) is 3.90. The van der Waals surface area contributed by atoms with Crippen LogP contribution in [0.3, 0.4) is 0 Å². The number of likely N-dealkylation sites (tertiary alicyclic amines) is 1. The zero-order valence-corrected chi connectivity index (χ0v) is 10.2. The van der Waals surface area contributed by atoms with E-state index in [-0.39, 0.29) is 0 Å². The van der Waals surface area contributed by atoms with Crippen molar-refractivity contribution in [2.75, 3.05) is 20.1 Å². The van der Waals surface area contributed by atoms with Gasteiger partial charge in [0.25, 0.3) is 0 Å². The summed E-state index contributed by atoms with van der Waals surface area (Å²) in [6.07, 6.45) is 5.61. The summed E-state index contributed by atoms with van der Waals surface area (Å²) in [5.41, 5.74) is 0. The van der Waals surface area contributed by atoms with Crippen molar-refractivity contribution in [3.63, 3.8) is 0 Å². The molecule has 0 amide bonds. The van der Waals surface area contributed by atoms with Gasteiger partial charge in [0.2, 0.25) is 0 Å². The number of hydrogen-bond donors (Lipinski definition) is 1. The average Bonchev–Trinajstić information content (AvgIpc) is 2.67. The molecule has 0 saturated carbocycles. The lowest BCUT2D eigenvalue weighted by Gasteiger charge is -2.32. The fourth-order valence-corrected chi connectivity index (χ4v) is 2.23. The van der Waals surface area contributed by atoms with Gasteiger partial charge >= 0.3 is 0 Å². The highest BCUT2D eigenvalue weighted by atomic mass is 15.3. The SMILES string of the molecule is CN1CCCCC1CNCc1ncnn1C. The summed E-state index contributed by atoms with van der Waals surface area (Å²) in [6.45, 7) is 3.08. The van der Waals surface area contributed by atoms with E-state index in [4.69, 9.17) is 0 Å². The van der Waals surface area contributed by atoms with Gasteiger partial charge in [-0.1, -0.05) is 6.42 Å². The fourth-order valence-electron chi connectivity index (χ4n) is 2.23. The van der Waals surface area contributed by atoms with Gasteiger partial charge in [-0.15, -0.1) is 0 Å². The van der Waals surface area contributed by atoms with Crippen LogP contribution in [-0.2, 0) is 13.6 Å². The maximum absolute atomic E-state index is 4.19. The van der Waals surface area contributed by atoms with E-state index in [0.29, 0.717) is 6.04 Å². The summed E-state index contributed by atoms with van der Waals surface area (Å²) >= 11 is 0. The molecule has 0 spiro atoms. The third kappa shape index (κ3) is 2.80. The summed E-state index contributed by atoms with van der Waals surface area (Å²) in [4.78, 5) is 6.64. The number of likely N-dealkylation sites (N-methyl/N-ethyl adjacent to an activating group) is 1. The molecule has 2 rings (SSSR count). The van der Waals surface area contributed by atoms with Crippen LogP contribution in [0.5, 0.6) is 0 Å². The lowest BCUT2D eigenvalue weighted by atomic mass is 10.0. The zero-order chi connectivity index (χ0) is 11.4. The van der Waals surface area contributed by atoms with Crippen LogP contribution in [0, 0.1) is 0 Å². The van der Waals surface area contributed by atoms with Crippen LogP contribution in [0.25, 0.3) is 0 Å². The predicted octanol–water partition coefficient (Wildman–Crippen LogP) is 0.389. The molecule has 1 unspecified atom stereocenters. The Morgan fingerprint density at radius 3 is 3.00 bits per heavy atom. The number of piperidine rings is 1. The number of nitrogens with one attached hydrogen (secondary N) is 1. The minimum Gasteiger partial charge on any atom is -0.308 e. The first-order chi connectivity index (χ1) is 7.77. The minimum absolute atomic E-state index is 0.682. The summed E-state index contributed by atoms with van der Waals surface area (Å²) in [5, 5.41) is 7.52. The smallest absolute Gasteiger partial charge is 0.140 e. The molecule has 0 bridgehead atoms. The lowest BCUT2D eigenvalue weighted by Crippen LogP contribution is -2.43. The molecular formula is C11H21N5. The Labute approximate surface area is 96.8 Å². The Bertz CT molecular complexity index is 322. The topological polar surface area (TPSA) is 46.0 Å². The molecular weight excluding hydrogens is 202 g/mol. The molecule has 1 aliphatic heterocycles. The zero-order valence-electron chi connectivity index (χ0n) is 10.2. The second-order valence-electron chi connectivity index (χ2n) is 4.56. The van der Waals surface area contributed by atoms with E-state index in [1.807, 2.05) is 11.7 Å². The normalized spacial score (nSPS) is 22.5. The van der Waals surface area contributed by atoms with Gasteiger partial charge in [-0.3, -0.25) is 4.68 Å². The van der Waals surface area contributed by atoms with Crippen molar-refractivity contribution in [1.29, 1.82) is 0 Å². The van der Waals surface area contributed by atoms with Crippen molar-refractivity contribution in [1.82, 2.24) is 25.0 Å². The number of nitrogens with zero attached hydrogens (tertiary/aromatic N) is 4. The minimum atomic E-state index is 0.682. The van der Waals surface area contributed by atoms with E-state index in [0.717, 1.165) is 18.9 Å². The summed E-state index contributed by atoms with van der Waals surface area (Å²) in [6, 6.07) is 0.682. The Balaban J connectivity index is 1.73. The molecule has 1 fully saturated rings. The monoisotopic (exact) mass is 223 g/mol.